The molecule has 0 aliphatic carbocycles. The monoisotopic (exact) mass is 191 g/mol. The molecular weight excluding hydrogens is 174 g/mol. The molecule has 0 spiro atoms. The van der Waals surface area contributed by atoms with Crippen molar-refractivity contribution in [3.8, 4) is 18.4 Å². The van der Waals surface area contributed by atoms with Gasteiger partial charge in [-0.25, -0.2) is 0 Å². The molecule has 0 aromatic carbocycles. The fraction of sp³-hybridized carbons (Fsp3) is 0.727. The topological polar surface area (TPSA) is 30.3 Å². The first-order valence-electron chi connectivity index (χ1n) is 5.12. The van der Waals surface area contributed by atoms with Crippen LogP contribution in [0.4, 0.5) is 0 Å². The fourth-order valence-corrected chi connectivity index (χ4v) is 1.74. The number of rotatable bonds is 4. The molecule has 76 valence electrons. The van der Waals surface area contributed by atoms with Crippen LogP contribution in [0.3, 0.4) is 0 Å². The van der Waals surface area contributed by atoms with Gasteiger partial charge >= 0.3 is 0 Å². The summed E-state index contributed by atoms with van der Waals surface area (Å²) in [7, 11) is 0. The molecule has 3 heteroatoms. The molecule has 1 aliphatic heterocycles. The van der Waals surface area contributed by atoms with Crippen molar-refractivity contribution < 1.29 is 0 Å². The molecule has 1 fully saturated rings. The van der Waals surface area contributed by atoms with E-state index in [-0.39, 0.29) is 0 Å². The number of hydrogen-bond donors (Lipinski definition) is 0. The lowest BCUT2D eigenvalue weighted by atomic mass is 10.2. The zero-order chi connectivity index (χ0) is 10.2. The van der Waals surface area contributed by atoms with Crippen LogP contribution < -0.4 is 0 Å². The second-order valence-corrected chi connectivity index (χ2v) is 3.59. The first kappa shape index (κ1) is 11.0. The Labute approximate surface area is 86.3 Å². The van der Waals surface area contributed by atoms with Crippen LogP contribution in [0.2, 0.25) is 0 Å². The van der Waals surface area contributed by atoms with Crippen molar-refractivity contribution in [1.82, 2.24) is 9.80 Å². The zero-order valence-electron chi connectivity index (χ0n) is 8.58. The largest absolute Gasteiger partial charge is 0.289 e. The van der Waals surface area contributed by atoms with Gasteiger partial charge in [0, 0.05) is 39.0 Å². The molecule has 14 heavy (non-hydrogen) atoms. The Bertz CT molecular complexity index is 212. The van der Waals surface area contributed by atoms with E-state index < -0.39 is 0 Å². The third-order valence-electron chi connectivity index (χ3n) is 2.46. The van der Waals surface area contributed by atoms with Crippen molar-refractivity contribution in [3.63, 3.8) is 0 Å². The van der Waals surface area contributed by atoms with Gasteiger partial charge in [-0.05, 0) is 6.42 Å². The predicted molar refractivity (Wildman–Crippen MR) is 56.3 cm³/mol. The molecule has 0 atom stereocenters. The van der Waals surface area contributed by atoms with E-state index in [1.165, 1.54) is 6.42 Å². The third-order valence-corrected chi connectivity index (χ3v) is 2.46. The van der Waals surface area contributed by atoms with Gasteiger partial charge in [-0.3, -0.25) is 9.80 Å². The Morgan fingerprint density at radius 3 is 2.36 bits per heavy atom. The van der Waals surface area contributed by atoms with E-state index in [0.717, 1.165) is 39.3 Å². The molecule has 1 heterocycles. The van der Waals surface area contributed by atoms with E-state index in [9.17, 15) is 0 Å². The summed E-state index contributed by atoms with van der Waals surface area (Å²) in [5.41, 5.74) is 0. The Balaban J connectivity index is 2.22. The molecule has 0 unspecified atom stereocenters. The second-order valence-electron chi connectivity index (χ2n) is 3.59. The van der Waals surface area contributed by atoms with Gasteiger partial charge in [-0.1, -0.05) is 0 Å². The maximum absolute atomic E-state index is 8.49. The van der Waals surface area contributed by atoms with Gasteiger partial charge in [0.25, 0.3) is 0 Å². The predicted octanol–water partition coefficient (Wildman–Crippen LogP) is 0.889. The van der Waals surface area contributed by atoms with Crippen molar-refractivity contribution in [2.24, 2.45) is 0 Å². The van der Waals surface area contributed by atoms with Gasteiger partial charge in [0.15, 0.2) is 0 Å². The highest BCUT2D eigenvalue weighted by Gasteiger charge is 2.15. The van der Waals surface area contributed by atoms with Crippen LogP contribution in [0.1, 0.15) is 19.3 Å². The van der Waals surface area contributed by atoms with Crippen LogP contribution in [-0.2, 0) is 0 Å². The summed E-state index contributed by atoms with van der Waals surface area (Å²) in [5.74, 6) is 2.66. The third kappa shape index (κ3) is 3.79. The van der Waals surface area contributed by atoms with Crippen LogP contribution in [0.25, 0.3) is 0 Å². The standard InChI is InChI=1S/C11H17N3/c1-2-3-7-13-9-5-10-14(11-13)8-4-6-12/h1H,3-5,7-11H2. The second kappa shape index (κ2) is 6.43. The Morgan fingerprint density at radius 2 is 1.79 bits per heavy atom. The van der Waals surface area contributed by atoms with Gasteiger partial charge in [-0.2, -0.15) is 5.26 Å². The summed E-state index contributed by atoms with van der Waals surface area (Å²) in [6, 6.07) is 2.18. The quantitative estimate of drug-likeness (QED) is 0.618. The lowest BCUT2D eigenvalue weighted by molar-refractivity contribution is 0.0898. The first-order chi connectivity index (χ1) is 6.86. The van der Waals surface area contributed by atoms with E-state index in [1.54, 1.807) is 0 Å². The molecule has 1 aliphatic rings. The fourth-order valence-electron chi connectivity index (χ4n) is 1.74. The molecule has 0 saturated carbocycles. The minimum absolute atomic E-state index is 0.628. The smallest absolute Gasteiger partial charge is 0.0635 e. The summed E-state index contributed by atoms with van der Waals surface area (Å²) in [6.07, 6.45) is 7.87. The van der Waals surface area contributed by atoms with Gasteiger partial charge in [0.05, 0.1) is 12.7 Å². The Hall–Kier alpha value is -1.03. The normalized spacial score (nSPS) is 18.7. The van der Waals surface area contributed by atoms with Gasteiger partial charge in [0.1, 0.15) is 0 Å². The number of terminal acetylenes is 1. The van der Waals surface area contributed by atoms with E-state index in [1.807, 2.05) is 0 Å². The summed E-state index contributed by atoms with van der Waals surface area (Å²) in [6.45, 7) is 5.12. The Morgan fingerprint density at radius 1 is 1.14 bits per heavy atom. The van der Waals surface area contributed by atoms with E-state index in [4.69, 9.17) is 11.7 Å². The average molecular weight is 191 g/mol. The van der Waals surface area contributed by atoms with Gasteiger partial charge in [-0.15, -0.1) is 12.3 Å². The van der Waals surface area contributed by atoms with Gasteiger partial charge < -0.3 is 0 Å². The minimum atomic E-state index is 0.628. The molecule has 1 rings (SSSR count). The summed E-state index contributed by atoms with van der Waals surface area (Å²) >= 11 is 0. The van der Waals surface area contributed by atoms with Crippen LogP contribution >= 0.6 is 0 Å². The maximum atomic E-state index is 8.49. The Kier molecular flexibility index (Phi) is 5.07. The number of nitriles is 1. The van der Waals surface area contributed by atoms with Gasteiger partial charge in [0.2, 0.25) is 0 Å². The lowest BCUT2D eigenvalue weighted by Crippen LogP contribution is -2.45. The first-order valence-corrected chi connectivity index (χ1v) is 5.12. The number of nitrogens with zero attached hydrogens (tertiary/aromatic N) is 3. The molecule has 0 radical (unpaired) electrons. The molecule has 0 amide bonds. The highest BCUT2D eigenvalue weighted by Crippen LogP contribution is 2.06. The minimum Gasteiger partial charge on any atom is -0.289 e. The van der Waals surface area contributed by atoms with Crippen molar-refractivity contribution in [3.05, 3.63) is 0 Å². The van der Waals surface area contributed by atoms with E-state index in [2.05, 4.69) is 21.8 Å². The molecular formula is C11H17N3. The molecule has 0 aromatic heterocycles. The van der Waals surface area contributed by atoms with Crippen molar-refractivity contribution >= 4 is 0 Å². The van der Waals surface area contributed by atoms with Crippen molar-refractivity contribution in [2.75, 3.05) is 32.8 Å². The highest BCUT2D eigenvalue weighted by atomic mass is 15.3. The van der Waals surface area contributed by atoms with E-state index >= 15 is 0 Å². The van der Waals surface area contributed by atoms with Crippen LogP contribution in [0.5, 0.6) is 0 Å². The van der Waals surface area contributed by atoms with Crippen LogP contribution in [-0.4, -0.2) is 42.6 Å². The molecule has 0 N–H and O–H groups in total. The lowest BCUT2D eigenvalue weighted by Gasteiger charge is -2.34. The average Bonchev–Trinajstić information content (AvgIpc) is 2.24. The number of hydrogen-bond acceptors (Lipinski definition) is 3. The van der Waals surface area contributed by atoms with Crippen LogP contribution in [0, 0.1) is 23.7 Å². The molecule has 0 bridgehead atoms. The van der Waals surface area contributed by atoms with E-state index in [0.29, 0.717) is 6.42 Å². The van der Waals surface area contributed by atoms with Crippen molar-refractivity contribution in [2.45, 2.75) is 19.3 Å². The summed E-state index contributed by atoms with van der Waals surface area (Å²) < 4.78 is 0. The van der Waals surface area contributed by atoms with Crippen molar-refractivity contribution in [1.29, 1.82) is 5.26 Å². The zero-order valence-corrected chi connectivity index (χ0v) is 8.58. The highest BCUT2D eigenvalue weighted by molar-refractivity contribution is 4.85. The maximum Gasteiger partial charge on any atom is 0.0635 e. The molecule has 3 nitrogen and oxygen atoms in total. The molecule has 1 saturated heterocycles. The SMILES string of the molecule is C#CCCN1CCCN(CCC#N)C1. The van der Waals surface area contributed by atoms with Crippen LogP contribution in [0.15, 0.2) is 0 Å². The summed E-state index contributed by atoms with van der Waals surface area (Å²) in [4.78, 5) is 4.68. The molecule has 0 aromatic rings. The summed E-state index contributed by atoms with van der Waals surface area (Å²) in [5, 5.41) is 8.49.